The zero-order chi connectivity index (χ0) is 24.1. The zero-order valence-electron chi connectivity index (χ0n) is 18.8. The van der Waals surface area contributed by atoms with Crippen molar-refractivity contribution in [2.24, 2.45) is 20.2 Å². The van der Waals surface area contributed by atoms with E-state index in [4.69, 9.17) is 22.4 Å². The molecule has 4 rings (SSSR count). The number of halogens is 1. The van der Waals surface area contributed by atoms with Gasteiger partial charge in [-0.1, -0.05) is 72.2 Å². The molecule has 0 spiro atoms. The van der Waals surface area contributed by atoms with Crippen molar-refractivity contribution >= 4 is 50.4 Å². The molecule has 0 amide bonds. The second-order valence-corrected chi connectivity index (χ2v) is 10.9. The van der Waals surface area contributed by atoms with Crippen molar-refractivity contribution in [1.29, 1.82) is 0 Å². The van der Waals surface area contributed by atoms with Gasteiger partial charge in [0, 0.05) is 24.0 Å². The molecule has 2 aromatic rings. The summed E-state index contributed by atoms with van der Waals surface area (Å²) < 4.78 is 31.7. The van der Waals surface area contributed by atoms with Gasteiger partial charge in [0.15, 0.2) is 5.17 Å². The van der Waals surface area contributed by atoms with E-state index in [1.165, 1.54) is 21.1 Å². The van der Waals surface area contributed by atoms with Gasteiger partial charge in [-0.3, -0.25) is 0 Å². The van der Waals surface area contributed by atoms with E-state index in [1.807, 2.05) is 54.6 Å². The quantitative estimate of drug-likeness (QED) is 0.488. The highest BCUT2D eigenvalue weighted by atomic mass is 35.5. The molecule has 1 fully saturated rings. The van der Waals surface area contributed by atoms with Crippen LogP contribution in [-0.2, 0) is 10.2 Å². The topological polar surface area (TPSA) is 104 Å². The van der Waals surface area contributed by atoms with Crippen molar-refractivity contribution in [3.8, 4) is 0 Å². The summed E-state index contributed by atoms with van der Waals surface area (Å²) in [6, 6.07) is 17.4. The number of thioether (sulfide) groups is 1. The minimum atomic E-state index is -3.92. The summed E-state index contributed by atoms with van der Waals surface area (Å²) in [6.07, 6.45) is 4.42. The van der Waals surface area contributed by atoms with E-state index >= 15 is 0 Å². The van der Waals surface area contributed by atoms with Crippen LogP contribution in [0.1, 0.15) is 36.3 Å². The first-order valence-corrected chi connectivity index (χ1v) is 14.0. The van der Waals surface area contributed by atoms with Crippen LogP contribution < -0.4 is 5.73 Å². The van der Waals surface area contributed by atoms with Gasteiger partial charge in [-0.15, -0.1) is 4.40 Å². The molecule has 0 radical (unpaired) electrons. The number of guanidine groups is 1. The number of hydrazone groups is 1. The Kier molecular flexibility index (Phi) is 7.92. The van der Waals surface area contributed by atoms with Crippen molar-refractivity contribution in [3.63, 3.8) is 0 Å². The Morgan fingerprint density at radius 3 is 2.41 bits per heavy atom. The summed E-state index contributed by atoms with van der Waals surface area (Å²) in [5.41, 5.74) is 8.71. The van der Waals surface area contributed by atoms with Gasteiger partial charge in [0.2, 0.25) is 0 Å². The summed E-state index contributed by atoms with van der Waals surface area (Å²) in [6.45, 7) is 1.28. The molecular weight excluding hydrogens is 492 g/mol. The Labute approximate surface area is 209 Å². The lowest BCUT2D eigenvalue weighted by molar-refractivity contribution is 0.346. The van der Waals surface area contributed by atoms with Crippen LogP contribution in [0, 0.1) is 0 Å². The van der Waals surface area contributed by atoms with Crippen molar-refractivity contribution in [3.05, 3.63) is 70.7 Å². The maximum atomic E-state index is 13.1. The average molecular weight is 519 g/mol. The molecule has 34 heavy (non-hydrogen) atoms. The van der Waals surface area contributed by atoms with E-state index in [1.54, 1.807) is 6.26 Å². The minimum absolute atomic E-state index is 0.0395. The minimum Gasteiger partial charge on any atom is -0.378 e. The molecule has 8 nitrogen and oxygen atoms in total. The fourth-order valence-electron chi connectivity index (χ4n) is 3.98. The number of aliphatic imine (C=N–C) groups is 1. The number of benzene rings is 2. The van der Waals surface area contributed by atoms with Crippen LogP contribution in [-0.4, -0.2) is 60.5 Å². The second-order valence-electron chi connectivity index (χ2n) is 8.02. The normalized spacial score (nSPS) is 20.5. The third-order valence-corrected chi connectivity index (χ3v) is 7.92. The molecule has 2 aliphatic heterocycles. The smallest absolute Gasteiger partial charge is 0.325 e. The fraction of sp³-hybridized carbons (Fsp3) is 0.348. The van der Waals surface area contributed by atoms with Crippen molar-refractivity contribution in [2.45, 2.75) is 25.2 Å². The van der Waals surface area contributed by atoms with Crippen LogP contribution in [0.3, 0.4) is 0 Å². The van der Waals surface area contributed by atoms with Gasteiger partial charge in [0.25, 0.3) is 5.96 Å². The molecule has 1 saturated heterocycles. The Hall–Kier alpha value is -2.40. The summed E-state index contributed by atoms with van der Waals surface area (Å²) in [7, 11) is -3.92. The maximum absolute atomic E-state index is 13.1. The van der Waals surface area contributed by atoms with Crippen LogP contribution in [0.25, 0.3) is 0 Å². The molecule has 1 atom stereocenters. The maximum Gasteiger partial charge on any atom is 0.325 e. The number of hydrogen-bond donors (Lipinski definition) is 1. The monoisotopic (exact) mass is 518 g/mol. The van der Waals surface area contributed by atoms with Crippen LogP contribution in [0.2, 0.25) is 5.02 Å². The first-order valence-electron chi connectivity index (χ1n) is 11.0. The highest BCUT2D eigenvalue weighted by Gasteiger charge is 2.33. The molecule has 2 aromatic carbocycles. The Morgan fingerprint density at radius 1 is 1.09 bits per heavy atom. The Bertz CT molecular complexity index is 1190. The van der Waals surface area contributed by atoms with Crippen LogP contribution in [0.15, 0.2) is 69.1 Å². The molecule has 0 aromatic heterocycles. The molecule has 180 valence electrons. The van der Waals surface area contributed by atoms with E-state index in [-0.39, 0.29) is 17.0 Å². The van der Waals surface area contributed by atoms with E-state index in [0.29, 0.717) is 24.7 Å². The fourth-order valence-corrected chi connectivity index (χ4v) is 5.46. The number of amidine groups is 1. The van der Waals surface area contributed by atoms with Gasteiger partial charge in [0.1, 0.15) is 0 Å². The largest absolute Gasteiger partial charge is 0.378 e. The summed E-state index contributed by atoms with van der Waals surface area (Å²) in [5.74, 6) is -0.154. The molecule has 2 N–H and O–H groups in total. The van der Waals surface area contributed by atoms with Crippen molar-refractivity contribution < 1.29 is 8.42 Å². The molecule has 2 heterocycles. The highest BCUT2D eigenvalue weighted by molar-refractivity contribution is 8.13. The highest BCUT2D eigenvalue weighted by Crippen LogP contribution is 2.30. The van der Waals surface area contributed by atoms with Crippen LogP contribution in [0.4, 0.5) is 0 Å². The van der Waals surface area contributed by atoms with Crippen LogP contribution in [0.5, 0.6) is 0 Å². The predicted molar refractivity (Wildman–Crippen MR) is 141 cm³/mol. The van der Waals surface area contributed by atoms with Gasteiger partial charge in [-0.25, -0.2) is 5.01 Å². The van der Waals surface area contributed by atoms with Crippen molar-refractivity contribution in [2.75, 3.05) is 25.9 Å². The Morgan fingerprint density at radius 2 is 1.76 bits per heavy atom. The molecule has 0 bridgehead atoms. The van der Waals surface area contributed by atoms with Gasteiger partial charge in [-0.2, -0.15) is 22.8 Å². The summed E-state index contributed by atoms with van der Waals surface area (Å²) >= 11 is 7.31. The lowest BCUT2D eigenvalue weighted by Gasteiger charge is -2.24. The first-order chi connectivity index (χ1) is 16.4. The lowest BCUT2D eigenvalue weighted by Crippen LogP contribution is -2.36. The van der Waals surface area contributed by atoms with Gasteiger partial charge in [-0.05, 0) is 42.4 Å². The average Bonchev–Trinajstić information content (AvgIpc) is 3.30. The molecule has 2 aliphatic rings. The lowest BCUT2D eigenvalue weighted by atomic mass is 9.91. The number of nitrogens with zero attached hydrogens (tertiary/aromatic N) is 5. The van der Waals surface area contributed by atoms with E-state index in [0.717, 1.165) is 36.1 Å². The number of hydrogen-bond acceptors (Lipinski definition) is 4. The standard InChI is InChI=1S/C23H27ClN6O2S2/c1-33-22(25)26-23(28-34(31,32)29-14-6-3-7-15-29)30-16-20(17-8-4-2-5-9-17)21(27-30)18-10-12-19(24)13-11-18/h2,4-5,8-13,20H,3,6-7,14-16H2,1H3,(H2,25,26,28). The zero-order valence-corrected chi connectivity index (χ0v) is 21.2. The van der Waals surface area contributed by atoms with Gasteiger partial charge < -0.3 is 5.73 Å². The van der Waals surface area contributed by atoms with Gasteiger partial charge in [0.05, 0.1) is 12.3 Å². The second kappa shape index (κ2) is 10.9. The van der Waals surface area contributed by atoms with E-state index < -0.39 is 10.2 Å². The predicted octanol–water partition coefficient (Wildman–Crippen LogP) is 3.91. The molecule has 0 saturated carbocycles. The number of rotatable bonds is 4. The number of piperidine rings is 1. The molecule has 11 heteroatoms. The van der Waals surface area contributed by atoms with E-state index in [2.05, 4.69) is 9.39 Å². The van der Waals surface area contributed by atoms with E-state index in [9.17, 15) is 8.42 Å². The SMILES string of the molecule is CSC(N)=NC(=NS(=O)(=O)N1CCCCC1)N1CC(c2ccccc2)C(c2ccc(Cl)cc2)=N1. The first kappa shape index (κ1) is 24.7. The summed E-state index contributed by atoms with van der Waals surface area (Å²) in [5, 5.41) is 7.15. The summed E-state index contributed by atoms with van der Waals surface area (Å²) in [4.78, 5) is 4.33. The molecule has 0 aliphatic carbocycles. The molecular formula is C23H27ClN6O2S2. The van der Waals surface area contributed by atoms with Gasteiger partial charge >= 0.3 is 10.2 Å². The molecule has 1 unspecified atom stereocenters. The third-order valence-electron chi connectivity index (χ3n) is 5.74. The number of nitrogens with two attached hydrogens (primary N) is 1. The third kappa shape index (κ3) is 5.80. The Balaban J connectivity index is 1.76. The van der Waals surface area contributed by atoms with Crippen molar-refractivity contribution in [1.82, 2.24) is 9.31 Å². The van der Waals surface area contributed by atoms with Crippen LogP contribution >= 0.6 is 23.4 Å².